The highest BCUT2D eigenvalue weighted by molar-refractivity contribution is 4.81. The number of rotatable bonds is 1. The first-order valence-electron chi connectivity index (χ1n) is 8.31. The largest absolute Gasteiger partial charge is 0.395 e. The summed E-state index contributed by atoms with van der Waals surface area (Å²) in [6.07, 6.45) is 5.11. The fourth-order valence-electron chi connectivity index (χ4n) is 3.16. The Hall–Kier alpha value is -0.200. The molecule has 4 atom stereocenters. The SMILES string of the molecule is CC1CNC(CO)CNC2CCCN(CCCCN1)C2. The molecule has 118 valence electrons. The molecule has 0 aromatic heterocycles. The first-order valence-corrected chi connectivity index (χ1v) is 8.31. The summed E-state index contributed by atoms with van der Waals surface area (Å²) in [6, 6.07) is 1.22. The molecule has 5 nitrogen and oxygen atoms in total. The van der Waals surface area contributed by atoms with Gasteiger partial charge in [0.1, 0.15) is 0 Å². The molecule has 0 radical (unpaired) electrons. The number of fused-ring (bicyclic) bond motifs is 2. The van der Waals surface area contributed by atoms with Crippen molar-refractivity contribution in [1.29, 1.82) is 0 Å². The van der Waals surface area contributed by atoms with Gasteiger partial charge in [0.05, 0.1) is 6.61 Å². The van der Waals surface area contributed by atoms with Crippen molar-refractivity contribution < 1.29 is 5.11 Å². The Kier molecular flexibility index (Phi) is 7.24. The molecule has 0 saturated carbocycles. The first kappa shape index (κ1) is 16.2. The van der Waals surface area contributed by atoms with Crippen LogP contribution in [0.4, 0.5) is 0 Å². The van der Waals surface area contributed by atoms with Crippen LogP contribution in [0.1, 0.15) is 32.6 Å². The third-order valence-corrected chi connectivity index (χ3v) is 4.49. The Morgan fingerprint density at radius 1 is 1.05 bits per heavy atom. The monoisotopic (exact) mass is 284 g/mol. The smallest absolute Gasteiger partial charge is 0.0597 e. The fourth-order valence-corrected chi connectivity index (χ4v) is 3.16. The number of hydrogen-bond acceptors (Lipinski definition) is 5. The summed E-state index contributed by atoms with van der Waals surface area (Å²) in [5.41, 5.74) is 0. The van der Waals surface area contributed by atoms with Crippen LogP contribution in [0.15, 0.2) is 0 Å². The molecule has 20 heavy (non-hydrogen) atoms. The average molecular weight is 284 g/mol. The van der Waals surface area contributed by atoms with Crippen molar-refractivity contribution in [3.63, 3.8) is 0 Å². The summed E-state index contributed by atoms with van der Waals surface area (Å²) in [5.74, 6) is 0. The lowest BCUT2D eigenvalue weighted by atomic mass is 10.0. The van der Waals surface area contributed by atoms with Crippen LogP contribution in [0.5, 0.6) is 0 Å². The Labute approximate surface area is 123 Å². The lowest BCUT2D eigenvalue weighted by molar-refractivity contribution is 0.175. The Morgan fingerprint density at radius 2 is 1.90 bits per heavy atom. The van der Waals surface area contributed by atoms with E-state index < -0.39 is 0 Å². The Balaban J connectivity index is 1.85. The Morgan fingerprint density at radius 3 is 2.75 bits per heavy atom. The van der Waals surface area contributed by atoms with Crippen molar-refractivity contribution in [2.24, 2.45) is 0 Å². The predicted octanol–water partition coefficient (Wildman–Crippen LogP) is -0.237. The van der Waals surface area contributed by atoms with Crippen molar-refractivity contribution in [3.05, 3.63) is 0 Å². The van der Waals surface area contributed by atoms with E-state index in [2.05, 4.69) is 27.8 Å². The van der Waals surface area contributed by atoms with E-state index in [0.717, 1.165) is 19.6 Å². The highest BCUT2D eigenvalue weighted by atomic mass is 16.3. The zero-order chi connectivity index (χ0) is 14.2. The van der Waals surface area contributed by atoms with Crippen LogP contribution in [0.2, 0.25) is 0 Å². The fraction of sp³-hybridized carbons (Fsp3) is 1.00. The van der Waals surface area contributed by atoms with Crippen LogP contribution < -0.4 is 16.0 Å². The van der Waals surface area contributed by atoms with Gasteiger partial charge in [-0.15, -0.1) is 0 Å². The van der Waals surface area contributed by atoms with Gasteiger partial charge in [-0.05, 0) is 52.2 Å². The minimum Gasteiger partial charge on any atom is -0.395 e. The quantitative estimate of drug-likeness (QED) is 0.536. The van der Waals surface area contributed by atoms with Crippen LogP contribution in [-0.2, 0) is 0 Å². The van der Waals surface area contributed by atoms with Crippen molar-refractivity contribution >= 4 is 0 Å². The van der Waals surface area contributed by atoms with Gasteiger partial charge in [-0.3, -0.25) is 0 Å². The van der Waals surface area contributed by atoms with Gasteiger partial charge in [-0.2, -0.15) is 0 Å². The van der Waals surface area contributed by atoms with E-state index in [1.165, 1.54) is 45.3 Å². The van der Waals surface area contributed by atoms with Crippen molar-refractivity contribution in [2.75, 3.05) is 45.9 Å². The van der Waals surface area contributed by atoms with Gasteiger partial charge >= 0.3 is 0 Å². The highest BCUT2D eigenvalue weighted by Crippen LogP contribution is 2.11. The molecule has 2 heterocycles. The lowest BCUT2D eigenvalue weighted by Gasteiger charge is -2.34. The van der Waals surface area contributed by atoms with Crippen LogP contribution in [0.25, 0.3) is 0 Å². The molecule has 2 aliphatic heterocycles. The molecule has 0 spiro atoms. The van der Waals surface area contributed by atoms with Crippen LogP contribution in [0.3, 0.4) is 0 Å². The molecular formula is C15H32N4O. The van der Waals surface area contributed by atoms with Gasteiger partial charge < -0.3 is 26.0 Å². The van der Waals surface area contributed by atoms with Crippen molar-refractivity contribution in [2.45, 2.75) is 50.7 Å². The van der Waals surface area contributed by atoms with E-state index in [1.807, 2.05) is 0 Å². The summed E-state index contributed by atoms with van der Waals surface area (Å²) in [7, 11) is 0. The zero-order valence-corrected chi connectivity index (χ0v) is 12.9. The van der Waals surface area contributed by atoms with Gasteiger partial charge in [0.15, 0.2) is 0 Å². The second-order valence-electron chi connectivity index (χ2n) is 6.40. The number of hydrogen-bond donors (Lipinski definition) is 4. The van der Waals surface area contributed by atoms with Gasteiger partial charge in [0.2, 0.25) is 0 Å². The molecule has 2 bridgehead atoms. The van der Waals surface area contributed by atoms with Crippen LogP contribution in [-0.4, -0.2) is 74.0 Å². The summed E-state index contributed by atoms with van der Waals surface area (Å²) in [5, 5.41) is 20.1. The number of aliphatic hydroxyl groups is 1. The van der Waals surface area contributed by atoms with E-state index in [1.54, 1.807) is 0 Å². The molecule has 2 fully saturated rings. The van der Waals surface area contributed by atoms with E-state index in [-0.39, 0.29) is 12.6 Å². The number of piperidine rings is 1. The minimum atomic E-state index is 0.164. The number of nitrogens with one attached hydrogen (secondary N) is 3. The van der Waals surface area contributed by atoms with Gasteiger partial charge in [-0.1, -0.05) is 0 Å². The predicted molar refractivity (Wildman–Crippen MR) is 83.0 cm³/mol. The second-order valence-corrected chi connectivity index (χ2v) is 6.40. The molecular weight excluding hydrogens is 252 g/mol. The number of nitrogens with zero attached hydrogens (tertiary/aromatic N) is 1. The maximum atomic E-state index is 9.47. The maximum Gasteiger partial charge on any atom is 0.0597 e. The van der Waals surface area contributed by atoms with Gasteiger partial charge in [0, 0.05) is 37.8 Å². The highest BCUT2D eigenvalue weighted by Gasteiger charge is 2.20. The summed E-state index contributed by atoms with van der Waals surface area (Å²) < 4.78 is 0. The van der Waals surface area contributed by atoms with Gasteiger partial charge in [0.25, 0.3) is 0 Å². The normalized spacial score (nSPS) is 38.1. The molecule has 0 aromatic carbocycles. The summed E-state index contributed by atoms with van der Waals surface area (Å²) in [4.78, 5) is 2.59. The molecule has 2 saturated heterocycles. The minimum absolute atomic E-state index is 0.164. The third kappa shape index (κ3) is 5.66. The summed E-state index contributed by atoms with van der Waals surface area (Å²) in [6.45, 7) is 8.95. The maximum absolute atomic E-state index is 9.47. The molecule has 5 heteroatoms. The summed E-state index contributed by atoms with van der Waals surface area (Å²) >= 11 is 0. The van der Waals surface area contributed by atoms with E-state index in [0.29, 0.717) is 12.1 Å². The van der Waals surface area contributed by atoms with E-state index in [4.69, 9.17) is 0 Å². The van der Waals surface area contributed by atoms with E-state index in [9.17, 15) is 5.11 Å². The molecule has 0 aliphatic carbocycles. The first-order chi connectivity index (χ1) is 9.78. The number of aliphatic hydroxyl groups excluding tert-OH is 1. The van der Waals surface area contributed by atoms with Gasteiger partial charge in [-0.25, -0.2) is 0 Å². The molecule has 2 aliphatic rings. The second kappa shape index (κ2) is 8.95. The van der Waals surface area contributed by atoms with Crippen LogP contribution in [0, 0.1) is 0 Å². The van der Waals surface area contributed by atoms with Crippen LogP contribution >= 0.6 is 0 Å². The standard InChI is InChI=1S/C15H32N4O/c1-13-9-17-15(12-20)10-18-14-5-4-8-19(11-14)7-3-2-6-16-13/h13-18,20H,2-12H2,1H3. The molecule has 2 rings (SSSR count). The zero-order valence-electron chi connectivity index (χ0n) is 12.9. The average Bonchev–Trinajstić information content (AvgIpc) is 2.47. The van der Waals surface area contributed by atoms with E-state index >= 15 is 0 Å². The molecule has 4 unspecified atom stereocenters. The third-order valence-electron chi connectivity index (χ3n) is 4.49. The van der Waals surface area contributed by atoms with Crippen molar-refractivity contribution in [3.8, 4) is 0 Å². The molecule has 0 amide bonds. The molecule has 4 N–H and O–H groups in total. The Bertz CT molecular complexity index is 264. The molecule has 0 aromatic rings. The topological polar surface area (TPSA) is 59.6 Å². The van der Waals surface area contributed by atoms with Crippen molar-refractivity contribution in [1.82, 2.24) is 20.9 Å². The lowest BCUT2D eigenvalue weighted by Crippen LogP contribution is -2.52.